The molecule has 0 aliphatic carbocycles. The predicted octanol–water partition coefficient (Wildman–Crippen LogP) is 3.40. The summed E-state index contributed by atoms with van der Waals surface area (Å²) in [6, 6.07) is 7.77. The molecule has 0 radical (unpaired) electrons. The molecule has 0 amide bonds. The third-order valence-corrected chi connectivity index (χ3v) is 3.16. The lowest BCUT2D eigenvalue weighted by atomic mass is 10.1. The molecule has 4 nitrogen and oxygen atoms in total. The van der Waals surface area contributed by atoms with Crippen LogP contribution in [-0.4, -0.2) is 11.7 Å². The van der Waals surface area contributed by atoms with Crippen LogP contribution in [-0.2, 0) is 13.2 Å². The first-order chi connectivity index (χ1) is 9.63. The van der Waals surface area contributed by atoms with Crippen molar-refractivity contribution in [3.8, 4) is 5.75 Å². The van der Waals surface area contributed by atoms with Gasteiger partial charge in [0.05, 0.1) is 13.2 Å². The van der Waals surface area contributed by atoms with E-state index in [1.165, 1.54) is 0 Å². The molecule has 0 saturated heterocycles. The third kappa shape index (κ3) is 3.33. The molecule has 1 aromatic carbocycles. The van der Waals surface area contributed by atoms with E-state index in [0.717, 1.165) is 34.1 Å². The second kappa shape index (κ2) is 6.48. The van der Waals surface area contributed by atoms with E-state index in [1.54, 1.807) is 0 Å². The third-order valence-electron chi connectivity index (χ3n) is 3.16. The van der Waals surface area contributed by atoms with Crippen molar-refractivity contribution in [3.63, 3.8) is 0 Å². The fourth-order valence-electron chi connectivity index (χ4n) is 2.17. The van der Waals surface area contributed by atoms with Crippen LogP contribution in [0.5, 0.6) is 5.75 Å². The van der Waals surface area contributed by atoms with Gasteiger partial charge < -0.3 is 19.6 Å². The maximum absolute atomic E-state index is 9.38. The summed E-state index contributed by atoms with van der Waals surface area (Å²) in [5.74, 6) is 2.58. The molecule has 0 aliphatic rings. The van der Waals surface area contributed by atoms with Crippen LogP contribution in [0.15, 0.2) is 28.7 Å². The number of nitrogens with one attached hydrogen (secondary N) is 1. The van der Waals surface area contributed by atoms with Gasteiger partial charge in [0, 0.05) is 23.4 Å². The van der Waals surface area contributed by atoms with Crippen LogP contribution in [0.2, 0.25) is 0 Å². The number of hydrogen-bond donors (Lipinski definition) is 2. The topological polar surface area (TPSA) is 54.6 Å². The Morgan fingerprint density at radius 3 is 2.60 bits per heavy atom. The van der Waals surface area contributed by atoms with Gasteiger partial charge in [-0.05, 0) is 45.0 Å². The van der Waals surface area contributed by atoms with Crippen molar-refractivity contribution in [1.82, 2.24) is 0 Å². The smallest absolute Gasteiger partial charge is 0.124 e. The Bertz CT molecular complexity index is 575. The second-order valence-corrected chi connectivity index (χ2v) is 4.71. The predicted molar refractivity (Wildman–Crippen MR) is 79.0 cm³/mol. The van der Waals surface area contributed by atoms with E-state index in [1.807, 2.05) is 45.0 Å². The number of hydrogen-bond acceptors (Lipinski definition) is 4. The van der Waals surface area contributed by atoms with Gasteiger partial charge in [-0.1, -0.05) is 0 Å². The fourth-order valence-corrected chi connectivity index (χ4v) is 2.17. The van der Waals surface area contributed by atoms with Crippen molar-refractivity contribution in [3.05, 3.63) is 46.9 Å². The second-order valence-electron chi connectivity index (χ2n) is 4.71. The van der Waals surface area contributed by atoms with Gasteiger partial charge in [-0.25, -0.2) is 0 Å². The van der Waals surface area contributed by atoms with Crippen molar-refractivity contribution >= 4 is 5.69 Å². The first-order valence-corrected chi connectivity index (χ1v) is 6.80. The lowest BCUT2D eigenvalue weighted by molar-refractivity contribution is 0.267. The largest absolute Gasteiger partial charge is 0.494 e. The van der Waals surface area contributed by atoms with Gasteiger partial charge in [-0.15, -0.1) is 0 Å². The van der Waals surface area contributed by atoms with E-state index in [2.05, 4.69) is 5.32 Å². The molecular weight excluding hydrogens is 254 g/mol. The van der Waals surface area contributed by atoms with Gasteiger partial charge in [0.2, 0.25) is 0 Å². The summed E-state index contributed by atoms with van der Waals surface area (Å²) < 4.78 is 11.0. The van der Waals surface area contributed by atoms with Crippen LogP contribution >= 0.6 is 0 Å². The van der Waals surface area contributed by atoms with E-state index in [-0.39, 0.29) is 6.61 Å². The van der Waals surface area contributed by atoms with Gasteiger partial charge in [0.25, 0.3) is 0 Å². The monoisotopic (exact) mass is 275 g/mol. The number of anilines is 1. The van der Waals surface area contributed by atoms with Crippen molar-refractivity contribution in [2.45, 2.75) is 33.9 Å². The molecule has 108 valence electrons. The molecule has 0 unspecified atom stereocenters. The molecule has 0 saturated carbocycles. The Labute approximate surface area is 119 Å². The lowest BCUT2D eigenvalue weighted by Gasteiger charge is -2.11. The highest BCUT2D eigenvalue weighted by atomic mass is 16.5. The molecular formula is C16H21NO3. The molecule has 0 aliphatic heterocycles. The molecule has 2 rings (SSSR count). The zero-order chi connectivity index (χ0) is 14.5. The Kier molecular flexibility index (Phi) is 4.69. The molecule has 1 aromatic heterocycles. The standard InChI is InChI=1S/C16H21NO3/c1-4-19-16-6-5-15(8-14(16)10-18)17-9-13-7-11(2)20-12(13)3/h5-8,17-18H,4,9-10H2,1-3H3. The molecule has 0 atom stereocenters. The zero-order valence-electron chi connectivity index (χ0n) is 12.2. The summed E-state index contributed by atoms with van der Waals surface area (Å²) in [7, 11) is 0. The zero-order valence-corrected chi connectivity index (χ0v) is 12.2. The molecule has 1 heterocycles. The Morgan fingerprint density at radius 2 is 2.00 bits per heavy atom. The molecule has 0 spiro atoms. The SMILES string of the molecule is CCOc1ccc(NCc2cc(C)oc2C)cc1CO. The molecule has 4 heteroatoms. The average molecular weight is 275 g/mol. The van der Waals surface area contributed by atoms with Crippen LogP contribution in [0.1, 0.15) is 29.6 Å². The maximum atomic E-state index is 9.38. The van der Waals surface area contributed by atoms with Crippen LogP contribution in [0, 0.1) is 13.8 Å². The Balaban J connectivity index is 2.08. The summed E-state index contributed by atoms with van der Waals surface area (Å²) in [5, 5.41) is 12.7. The first kappa shape index (κ1) is 14.5. The van der Waals surface area contributed by atoms with Crippen LogP contribution < -0.4 is 10.1 Å². The maximum Gasteiger partial charge on any atom is 0.124 e. The van der Waals surface area contributed by atoms with Crippen LogP contribution in [0.25, 0.3) is 0 Å². The Morgan fingerprint density at radius 1 is 1.20 bits per heavy atom. The van der Waals surface area contributed by atoms with Gasteiger partial charge in [0.15, 0.2) is 0 Å². The van der Waals surface area contributed by atoms with Crippen molar-refractivity contribution in [2.75, 3.05) is 11.9 Å². The number of rotatable bonds is 6. The van der Waals surface area contributed by atoms with Crippen LogP contribution in [0.4, 0.5) is 5.69 Å². The highest BCUT2D eigenvalue weighted by Crippen LogP contribution is 2.24. The number of benzene rings is 1. The summed E-state index contributed by atoms with van der Waals surface area (Å²) in [6.07, 6.45) is 0. The molecule has 2 N–H and O–H groups in total. The summed E-state index contributed by atoms with van der Waals surface area (Å²) in [6.45, 7) is 7.08. The normalized spacial score (nSPS) is 10.6. The van der Waals surface area contributed by atoms with Gasteiger partial charge >= 0.3 is 0 Å². The number of furan rings is 1. The van der Waals surface area contributed by atoms with Gasteiger partial charge in [-0.3, -0.25) is 0 Å². The van der Waals surface area contributed by atoms with Gasteiger partial charge in [-0.2, -0.15) is 0 Å². The minimum absolute atomic E-state index is 0.0330. The van der Waals surface area contributed by atoms with E-state index >= 15 is 0 Å². The van der Waals surface area contributed by atoms with E-state index in [4.69, 9.17) is 9.15 Å². The summed E-state index contributed by atoms with van der Waals surface area (Å²) in [4.78, 5) is 0. The van der Waals surface area contributed by atoms with E-state index in [9.17, 15) is 5.11 Å². The first-order valence-electron chi connectivity index (χ1n) is 6.80. The number of ether oxygens (including phenoxy) is 1. The minimum atomic E-state index is -0.0330. The molecule has 0 bridgehead atoms. The highest BCUT2D eigenvalue weighted by molar-refractivity contribution is 5.51. The van der Waals surface area contributed by atoms with Crippen molar-refractivity contribution in [2.24, 2.45) is 0 Å². The van der Waals surface area contributed by atoms with Crippen molar-refractivity contribution < 1.29 is 14.3 Å². The number of aliphatic hydroxyl groups is 1. The fraction of sp³-hybridized carbons (Fsp3) is 0.375. The number of aliphatic hydroxyl groups excluding tert-OH is 1. The highest BCUT2D eigenvalue weighted by Gasteiger charge is 2.06. The van der Waals surface area contributed by atoms with E-state index < -0.39 is 0 Å². The van der Waals surface area contributed by atoms with E-state index in [0.29, 0.717) is 13.2 Å². The number of aryl methyl sites for hydroxylation is 2. The average Bonchev–Trinajstić information content (AvgIpc) is 2.76. The lowest BCUT2D eigenvalue weighted by Crippen LogP contribution is -2.02. The molecule has 20 heavy (non-hydrogen) atoms. The summed E-state index contributed by atoms with van der Waals surface area (Å²) >= 11 is 0. The van der Waals surface area contributed by atoms with Crippen LogP contribution in [0.3, 0.4) is 0 Å². The van der Waals surface area contributed by atoms with Crippen molar-refractivity contribution in [1.29, 1.82) is 0 Å². The Hall–Kier alpha value is -1.94. The van der Waals surface area contributed by atoms with Gasteiger partial charge in [0.1, 0.15) is 17.3 Å². The summed E-state index contributed by atoms with van der Waals surface area (Å²) in [5.41, 5.74) is 2.88. The molecule has 2 aromatic rings. The minimum Gasteiger partial charge on any atom is -0.494 e. The molecule has 0 fully saturated rings. The quantitative estimate of drug-likeness (QED) is 0.848.